The first kappa shape index (κ1) is 13.1. The number of pyridine rings is 1. The van der Waals surface area contributed by atoms with Crippen molar-refractivity contribution in [2.24, 2.45) is 0 Å². The van der Waals surface area contributed by atoms with Gasteiger partial charge in [-0.1, -0.05) is 11.6 Å². The molecule has 2 unspecified atom stereocenters. The van der Waals surface area contributed by atoms with E-state index in [0.717, 1.165) is 30.6 Å². The molecule has 0 radical (unpaired) electrons. The molecule has 2 nitrogen and oxygen atoms in total. The quantitative estimate of drug-likeness (QED) is 0.752. The molecule has 2 atom stereocenters. The third kappa shape index (κ3) is 1.83. The van der Waals surface area contributed by atoms with E-state index in [4.69, 9.17) is 11.6 Å². The summed E-state index contributed by atoms with van der Waals surface area (Å²) in [7, 11) is 0. The molecule has 0 saturated carbocycles. The van der Waals surface area contributed by atoms with Gasteiger partial charge in [0.15, 0.2) is 0 Å². The van der Waals surface area contributed by atoms with E-state index < -0.39 is 0 Å². The van der Waals surface area contributed by atoms with E-state index in [1.807, 2.05) is 6.07 Å². The van der Waals surface area contributed by atoms with Gasteiger partial charge < -0.3 is 5.32 Å². The average molecular weight is 299 g/mol. The summed E-state index contributed by atoms with van der Waals surface area (Å²) in [6, 6.07) is 5.41. The maximum atomic E-state index is 14.6. The minimum Gasteiger partial charge on any atom is -0.316 e. The molecular weight excluding hydrogens is 286 g/mol. The Hall–Kier alpha value is -0.900. The van der Waals surface area contributed by atoms with Gasteiger partial charge in [0.05, 0.1) is 5.52 Å². The van der Waals surface area contributed by atoms with Gasteiger partial charge in [-0.3, -0.25) is 0 Å². The van der Waals surface area contributed by atoms with Crippen molar-refractivity contribution in [3.8, 4) is 0 Å². The van der Waals surface area contributed by atoms with E-state index in [9.17, 15) is 4.39 Å². The van der Waals surface area contributed by atoms with Gasteiger partial charge in [0.1, 0.15) is 11.0 Å². The molecule has 1 aliphatic heterocycles. The van der Waals surface area contributed by atoms with Crippen LogP contribution in [-0.2, 0) is 0 Å². The third-order valence-corrected chi connectivity index (χ3v) is 4.38. The molecule has 0 spiro atoms. The summed E-state index contributed by atoms with van der Waals surface area (Å²) in [6.45, 7) is 1.82. The highest BCUT2D eigenvalue weighted by molar-refractivity contribution is 6.29. The van der Waals surface area contributed by atoms with Crippen molar-refractivity contribution in [3.63, 3.8) is 0 Å². The minimum atomic E-state index is -0.0946. The average Bonchev–Trinajstić information content (AvgIpc) is 2.61. The van der Waals surface area contributed by atoms with Gasteiger partial charge in [-0.05, 0) is 41.7 Å². The maximum Gasteiger partial charge on any atom is 0.136 e. The zero-order chi connectivity index (χ0) is 12.3. The zero-order valence-corrected chi connectivity index (χ0v) is 11.7. The summed E-state index contributed by atoms with van der Waals surface area (Å²) < 4.78 is 14.6. The number of hydrogen-bond donors (Lipinski definition) is 1. The Morgan fingerprint density at radius 1 is 1.26 bits per heavy atom. The van der Waals surface area contributed by atoms with E-state index in [-0.39, 0.29) is 18.2 Å². The number of halogens is 3. The van der Waals surface area contributed by atoms with Crippen molar-refractivity contribution in [2.75, 3.05) is 13.1 Å². The van der Waals surface area contributed by atoms with Gasteiger partial charge in [0.25, 0.3) is 0 Å². The monoisotopic (exact) mass is 298 g/mol. The lowest BCUT2D eigenvalue weighted by Gasteiger charge is -2.19. The lowest BCUT2D eigenvalue weighted by molar-refractivity contribution is 0.448. The number of hydrogen-bond acceptors (Lipinski definition) is 2. The molecule has 1 aromatic heterocycles. The fourth-order valence-electron chi connectivity index (χ4n) is 3.39. The first-order valence-corrected chi connectivity index (χ1v) is 6.61. The molecular formula is C14H13Cl2FN2. The van der Waals surface area contributed by atoms with Crippen LogP contribution in [0.3, 0.4) is 0 Å². The molecule has 1 N–H and O–H groups in total. The molecule has 2 aromatic rings. The second kappa shape index (κ2) is 4.58. The number of nitrogens with one attached hydrogen (secondary N) is 1. The Balaban J connectivity index is 0.00000110. The number of benzene rings is 1. The van der Waals surface area contributed by atoms with Crippen molar-refractivity contribution in [1.29, 1.82) is 0 Å². The normalized spacial score (nSPS) is 24.1. The Morgan fingerprint density at radius 3 is 2.89 bits per heavy atom. The first-order valence-electron chi connectivity index (χ1n) is 6.23. The predicted octanol–water partition coefficient (Wildman–Crippen LogP) is 3.62. The molecule has 2 bridgehead atoms. The van der Waals surface area contributed by atoms with Crippen LogP contribution in [-0.4, -0.2) is 18.1 Å². The molecule has 1 aliphatic carbocycles. The third-order valence-electron chi connectivity index (χ3n) is 4.17. The van der Waals surface area contributed by atoms with Crippen LogP contribution in [0.4, 0.5) is 4.39 Å². The van der Waals surface area contributed by atoms with Crippen LogP contribution in [0.5, 0.6) is 0 Å². The Morgan fingerprint density at radius 2 is 2.05 bits per heavy atom. The smallest absolute Gasteiger partial charge is 0.136 e. The van der Waals surface area contributed by atoms with Crippen LogP contribution < -0.4 is 5.32 Å². The standard InChI is InChI=1S/C14H12ClFN2.ClH/c15-12-2-1-9-11(18-12)4-10-7-3-8(6-17-5-7)13(10)14(9)16;/h1-2,4,7-8,17H,3,5-6H2;1H. The van der Waals surface area contributed by atoms with Crippen LogP contribution in [0.15, 0.2) is 18.2 Å². The fourth-order valence-corrected chi connectivity index (χ4v) is 3.55. The van der Waals surface area contributed by atoms with Gasteiger partial charge in [0.2, 0.25) is 0 Å². The van der Waals surface area contributed by atoms with Crippen molar-refractivity contribution >= 4 is 34.9 Å². The maximum absolute atomic E-state index is 14.6. The second-order valence-corrected chi connectivity index (χ2v) is 5.57. The fraction of sp³-hybridized carbons (Fsp3) is 0.357. The summed E-state index contributed by atoms with van der Waals surface area (Å²) in [4.78, 5) is 4.23. The zero-order valence-electron chi connectivity index (χ0n) is 10.1. The number of piperidine rings is 1. The van der Waals surface area contributed by atoms with Gasteiger partial charge >= 0.3 is 0 Å². The van der Waals surface area contributed by atoms with Crippen molar-refractivity contribution in [2.45, 2.75) is 18.3 Å². The number of nitrogens with zero attached hydrogens (tertiary/aromatic N) is 1. The summed E-state index contributed by atoms with van der Waals surface area (Å²) in [5.74, 6) is 0.653. The van der Waals surface area contributed by atoms with Crippen molar-refractivity contribution < 1.29 is 4.39 Å². The molecule has 1 fully saturated rings. The highest BCUT2D eigenvalue weighted by atomic mass is 35.5. The largest absolute Gasteiger partial charge is 0.316 e. The highest BCUT2D eigenvalue weighted by Gasteiger charge is 2.37. The highest BCUT2D eigenvalue weighted by Crippen LogP contribution is 2.46. The van der Waals surface area contributed by atoms with E-state index >= 15 is 0 Å². The van der Waals surface area contributed by atoms with Crippen molar-refractivity contribution in [3.05, 3.63) is 40.3 Å². The number of rotatable bonds is 0. The molecule has 2 aliphatic rings. The van der Waals surface area contributed by atoms with Crippen LogP contribution in [0, 0.1) is 5.82 Å². The summed E-state index contributed by atoms with van der Waals surface area (Å²) in [6.07, 6.45) is 1.06. The number of aromatic nitrogens is 1. The van der Waals surface area contributed by atoms with Crippen molar-refractivity contribution in [1.82, 2.24) is 10.3 Å². The van der Waals surface area contributed by atoms with Gasteiger partial charge in [-0.2, -0.15) is 0 Å². The van der Waals surface area contributed by atoms with E-state index in [2.05, 4.69) is 10.3 Å². The molecule has 2 heterocycles. The number of fused-ring (bicyclic) bond motifs is 6. The molecule has 100 valence electrons. The Kier molecular flexibility index (Phi) is 3.16. The SMILES string of the molecule is Cl.Fc1c2c(cc3nc(Cl)ccc13)C1CNCC2C1. The van der Waals surface area contributed by atoms with E-state index in [1.165, 1.54) is 0 Å². The topological polar surface area (TPSA) is 24.9 Å². The first-order chi connectivity index (χ1) is 8.74. The lowest BCUT2D eigenvalue weighted by atomic mass is 9.97. The van der Waals surface area contributed by atoms with Crippen LogP contribution in [0.1, 0.15) is 29.4 Å². The molecule has 1 saturated heterocycles. The Labute approximate surface area is 121 Å². The lowest BCUT2D eigenvalue weighted by Crippen LogP contribution is -2.28. The summed E-state index contributed by atoms with van der Waals surface area (Å²) in [5, 5.41) is 4.38. The second-order valence-electron chi connectivity index (χ2n) is 5.18. The Bertz CT molecular complexity index is 659. The van der Waals surface area contributed by atoms with Crippen LogP contribution >= 0.6 is 24.0 Å². The van der Waals surface area contributed by atoms with E-state index in [0.29, 0.717) is 27.9 Å². The van der Waals surface area contributed by atoms with Crippen LogP contribution in [0.25, 0.3) is 10.9 Å². The van der Waals surface area contributed by atoms with E-state index in [1.54, 1.807) is 12.1 Å². The van der Waals surface area contributed by atoms with Gasteiger partial charge in [0, 0.05) is 24.4 Å². The van der Waals surface area contributed by atoms with Crippen LogP contribution in [0.2, 0.25) is 5.15 Å². The van der Waals surface area contributed by atoms with Gasteiger partial charge in [-0.25, -0.2) is 9.37 Å². The molecule has 1 aromatic carbocycles. The molecule has 19 heavy (non-hydrogen) atoms. The minimum absolute atomic E-state index is 0. The van der Waals surface area contributed by atoms with Gasteiger partial charge in [-0.15, -0.1) is 12.4 Å². The molecule has 0 amide bonds. The molecule has 4 rings (SSSR count). The summed E-state index contributed by atoms with van der Waals surface area (Å²) >= 11 is 5.89. The summed E-state index contributed by atoms with van der Waals surface area (Å²) in [5.41, 5.74) is 2.71. The predicted molar refractivity (Wildman–Crippen MR) is 76.9 cm³/mol. The molecule has 5 heteroatoms.